The number of piperidine rings is 1. The minimum Gasteiger partial charge on any atom is -0.481 e. The number of nitrogens with one attached hydrogen (secondary N) is 2. The van der Waals surface area contributed by atoms with E-state index in [4.69, 9.17) is 9.72 Å². The number of urea groups is 1. The van der Waals surface area contributed by atoms with Gasteiger partial charge in [-0.05, 0) is 65.2 Å². The molecular formula is C29H34N8O4S. The molecular weight excluding hydrogens is 556 g/mol. The molecule has 1 aliphatic rings. The maximum Gasteiger partial charge on any atom is 0.321 e. The molecule has 0 unspecified atom stereocenters. The number of carboxylic acid groups (broad SMARTS) is 1. The number of hydrogen-bond acceptors (Lipinski definition) is 10. The number of ether oxygens (including phenoxy) is 1. The van der Waals surface area contributed by atoms with Crippen molar-refractivity contribution in [3.05, 3.63) is 36.9 Å². The van der Waals surface area contributed by atoms with Crippen LogP contribution in [0.2, 0.25) is 0 Å². The highest BCUT2D eigenvalue weighted by Gasteiger charge is 2.37. The summed E-state index contributed by atoms with van der Waals surface area (Å²) >= 11 is 1.35. The summed E-state index contributed by atoms with van der Waals surface area (Å²) in [6.45, 7) is 11.1. The third-order valence-electron chi connectivity index (χ3n) is 6.98. The van der Waals surface area contributed by atoms with Crippen LogP contribution in [0.1, 0.15) is 47.5 Å². The van der Waals surface area contributed by atoms with E-state index in [-0.39, 0.29) is 6.03 Å². The highest BCUT2D eigenvalue weighted by Crippen LogP contribution is 2.39. The minimum atomic E-state index is -0.767. The Bertz CT molecular complexity index is 1610. The van der Waals surface area contributed by atoms with Gasteiger partial charge in [0.2, 0.25) is 11.8 Å². The van der Waals surface area contributed by atoms with Crippen LogP contribution in [0.15, 0.2) is 36.9 Å². The Kier molecular flexibility index (Phi) is 7.95. The smallest absolute Gasteiger partial charge is 0.321 e. The zero-order chi connectivity index (χ0) is 30.1. The molecule has 2 amide bonds. The van der Waals surface area contributed by atoms with Gasteiger partial charge in [0, 0.05) is 43.2 Å². The zero-order valence-electron chi connectivity index (χ0n) is 24.3. The average Bonchev–Trinajstić information content (AvgIpc) is 3.34. The van der Waals surface area contributed by atoms with Crippen LogP contribution in [0.3, 0.4) is 0 Å². The summed E-state index contributed by atoms with van der Waals surface area (Å²) in [5.41, 5.74) is 2.48. The van der Waals surface area contributed by atoms with Gasteiger partial charge in [-0.1, -0.05) is 11.3 Å². The molecule has 1 saturated heterocycles. The van der Waals surface area contributed by atoms with Crippen LogP contribution >= 0.6 is 11.3 Å². The summed E-state index contributed by atoms with van der Waals surface area (Å²) < 4.78 is 6.80. The number of carbonyl (C=O) groups is 2. The van der Waals surface area contributed by atoms with Crippen LogP contribution in [0.4, 0.5) is 15.9 Å². The van der Waals surface area contributed by atoms with Gasteiger partial charge in [-0.15, -0.1) is 0 Å². The van der Waals surface area contributed by atoms with Gasteiger partial charge in [0.25, 0.3) is 0 Å². The van der Waals surface area contributed by atoms with E-state index >= 15 is 0 Å². The van der Waals surface area contributed by atoms with Crippen molar-refractivity contribution in [3.63, 3.8) is 0 Å². The molecule has 220 valence electrons. The molecule has 42 heavy (non-hydrogen) atoms. The quantitative estimate of drug-likeness (QED) is 0.261. The number of benzene rings is 1. The van der Waals surface area contributed by atoms with E-state index in [0.717, 1.165) is 21.4 Å². The topological polar surface area (TPSA) is 155 Å². The lowest BCUT2D eigenvalue weighted by atomic mass is 9.80. The Hall–Kier alpha value is -4.39. The first kappa shape index (κ1) is 29.1. The summed E-state index contributed by atoms with van der Waals surface area (Å²) in [7, 11) is 0. The molecule has 0 bridgehead atoms. The van der Waals surface area contributed by atoms with Gasteiger partial charge in [-0.25, -0.2) is 24.7 Å². The van der Waals surface area contributed by atoms with Crippen molar-refractivity contribution < 1.29 is 19.4 Å². The SMILES string of the molecule is CCNC(=O)Nc1nc2cc(-c3cnc(N4CCC(C)(C(=O)O)CC4)nc3)cc(-c3cncc(OC(C)(C)C)n3)c2s1. The van der Waals surface area contributed by atoms with Gasteiger partial charge < -0.3 is 20.1 Å². The van der Waals surface area contributed by atoms with Gasteiger partial charge in [0.05, 0.1) is 33.7 Å². The van der Waals surface area contributed by atoms with E-state index in [1.807, 2.05) is 44.7 Å². The Balaban J connectivity index is 1.50. The van der Waals surface area contributed by atoms with E-state index in [0.29, 0.717) is 60.6 Å². The summed E-state index contributed by atoms with van der Waals surface area (Å²) in [5, 5.41) is 15.5. The number of carboxylic acids is 1. The van der Waals surface area contributed by atoms with Gasteiger partial charge in [-0.2, -0.15) is 0 Å². The van der Waals surface area contributed by atoms with Crippen LogP contribution in [-0.4, -0.2) is 67.3 Å². The lowest BCUT2D eigenvalue weighted by Gasteiger charge is -2.36. The third kappa shape index (κ3) is 6.40. The highest BCUT2D eigenvalue weighted by molar-refractivity contribution is 7.22. The fraction of sp³-hybridized carbons (Fsp3) is 0.414. The maximum atomic E-state index is 12.2. The van der Waals surface area contributed by atoms with Crippen LogP contribution < -0.4 is 20.3 Å². The lowest BCUT2D eigenvalue weighted by molar-refractivity contribution is -0.149. The predicted octanol–water partition coefficient (Wildman–Crippen LogP) is 5.22. The highest BCUT2D eigenvalue weighted by atomic mass is 32.1. The fourth-order valence-electron chi connectivity index (χ4n) is 4.63. The number of rotatable bonds is 7. The van der Waals surface area contributed by atoms with Crippen LogP contribution in [0.25, 0.3) is 32.6 Å². The fourth-order valence-corrected chi connectivity index (χ4v) is 5.60. The van der Waals surface area contributed by atoms with Crippen LogP contribution in [0.5, 0.6) is 5.88 Å². The number of carbonyl (C=O) groups excluding carboxylic acids is 1. The van der Waals surface area contributed by atoms with Crippen molar-refractivity contribution in [3.8, 4) is 28.3 Å². The van der Waals surface area contributed by atoms with Crippen molar-refractivity contribution in [2.24, 2.45) is 5.41 Å². The Morgan fingerprint density at radius 2 is 1.79 bits per heavy atom. The molecule has 3 aromatic heterocycles. The average molecular weight is 591 g/mol. The van der Waals surface area contributed by atoms with Crippen LogP contribution in [0, 0.1) is 5.41 Å². The van der Waals surface area contributed by atoms with Crippen LogP contribution in [-0.2, 0) is 4.79 Å². The molecule has 12 nitrogen and oxygen atoms in total. The molecule has 0 aliphatic carbocycles. The number of anilines is 2. The predicted molar refractivity (Wildman–Crippen MR) is 162 cm³/mol. The van der Waals surface area contributed by atoms with Crippen molar-refractivity contribution in [1.29, 1.82) is 0 Å². The first-order chi connectivity index (χ1) is 19.9. The number of aromatic nitrogens is 5. The summed E-state index contributed by atoms with van der Waals surface area (Å²) in [5.74, 6) is 0.195. The van der Waals surface area contributed by atoms with Crippen molar-refractivity contribution >= 4 is 44.6 Å². The van der Waals surface area contributed by atoms with E-state index in [2.05, 4.69) is 30.6 Å². The largest absolute Gasteiger partial charge is 0.481 e. The van der Waals surface area contributed by atoms with Crippen molar-refractivity contribution in [2.45, 2.75) is 53.1 Å². The summed E-state index contributed by atoms with van der Waals surface area (Å²) in [6, 6.07) is 3.58. The molecule has 1 aromatic carbocycles. The Labute approximate surface area is 247 Å². The number of fused-ring (bicyclic) bond motifs is 1. The van der Waals surface area contributed by atoms with Crippen molar-refractivity contribution in [2.75, 3.05) is 29.9 Å². The van der Waals surface area contributed by atoms with Gasteiger partial charge in [0.15, 0.2) is 5.13 Å². The molecule has 1 aliphatic heterocycles. The molecule has 4 aromatic rings. The molecule has 0 atom stereocenters. The Morgan fingerprint density at radius 3 is 2.43 bits per heavy atom. The number of hydrogen-bond donors (Lipinski definition) is 3. The second-order valence-corrected chi connectivity index (χ2v) is 12.5. The Morgan fingerprint density at radius 1 is 1.07 bits per heavy atom. The van der Waals surface area contributed by atoms with Gasteiger partial charge in [0.1, 0.15) is 5.60 Å². The molecule has 0 spiro atoms. The molecule has 3 N–H and O–H groups in total. The molecule has 4 heterocycles. The summed E-state index contributed by atoms with van der Waals surface area (Å²) in [4.78, 5) is 48.8. The van der Waals surface area contributed by atoms with E-state index in [9.17, 15) is 14.7 Å². The number of aliphatic carboxylic acids is 1. The van der Waals surface area contributed by atoms with E-state index in [1.54, 1.807) is 31.7 Å². The maximum absolute atomic E-state index is 12.2. The number of nitrogens with zero attached hydrogens (tertiary/aromatic N) is 6. The second-order valence-electron chi connectivity index (χ2n) is 11.5. The molecule has 1 fully saturated rings. The normalized spacial score (nSPS) is 14.9. The standard InChI is InChI=1S/C29H34N8O4S/c1-6-31-26(40)36-27-35-20-12-17(11-19(23(20)42-27)21-15-30-16-22(34-21)41-28(2,3)4)18-13-32-25(33-14-18)37-9-7-29(5,8-10-37)24(38)39/h11-16H,6-10H2,1-5H3,(H,38,39)(H2,31,35,36,40). The first-order valence-corrected chi connectivity index (χ1v) is 14.6. The van der Waals surface area contributed by atoms with E-state index in [1.165, 1.54) is 11.3 Å². The molecule has 5 rings (SSSR count). The summed E-state index contributed by atoms with van der Waals surface area (Å²) in [6.07, 6.45) is 7.82. The lowest BCUT2D eigenvalue weighted by Crippen LogP contribution is -2.43. The zero-order valence-corrected chi connectivity index (χ0v) is 25.1. The second kappa shape index (κ2) is 11.5. The first-order valence-electron chi connectivity index (χ1n) is 13.8. The number of thiazole rings is 1. The monoisotopic (exact) mass is 590 g/mol. The minimum absolute atomic E-state index is 0.330. The van der Waals surface area contributed by atoms with Gasteiger partial charge in [-0.3, -0.25) is 15.1 Å². The van der Waals surface area contributed by atoms with E-state index < -0.39 is 17.0 Å². The van der Waals surface area contributed by atoms with Gasteiger partial charge >= 0.3 is 12.0 Å². The third-order valence-corrected chi connectivity index (χ3v) is 8.00. The molecule has 0 radical (unpaired) electrons. The molecule has 0 saturated carbocycles. The molecule has 13 heteroatoms. The number of amides is 2. The van der Waals surface area contributed by atoms with Crippen molar-refractivity contribution in [1.82, 2.24) is 30.2 Å².